The third kappa shape index (κ3) is 2.88. The molecule has 1 saturated heterocycles. The Labute approximate surface area is 126 Å². The lowest BCUT2D eigenvalue weighted by atomic mass is 9.77. The van der Waals surface area contributed by atoms with Crippen molar-refractivity contribution in [1.82, 2.24) is 10.3 Å². The number of rotatable bonds is 3. The number of ether oxygens (including phenoxy) is 1. The minimum absolute atomic E-state index is 0.508. The van der Waals surface area contributed by atoms with Crippen LogP contribution in [0.5, 0.6) is 5.75 Å². The van der Waals surface area contributed by atoms with Crippen molar-refractivity contribution in [2.75, 3.05) is 20.2 Å². The smallest absolute Gasteiger partial charge is 0.119 e. The molecular weight excluding hydrogens is 260 g/mol. The highest BCUT2D eigenvalue weighted by Crippen LogP contribution is 2.34. The summed E-state index contributed by atoms with van der Waals surface area (Å²) in [5.41, 5.74) is 2.27. The van der Waals surface area contributed by atoms with Crippen molar-refractivity contribution in [2.24, 2.45) is 11.8 Å². The highest BCUT2D eigenvalue weighted by molar-refractivity contribution is 5.80. The van der Waals surface area contributed by atoms with Gasteiger partial charge in [-0.25, -0.2) is 0 Å². The fourth-order valence-electron chi connectivity index (χ4n) is 3.50. The first-order valence-electron chi connectivity index (χ1n) is 7.84. The van der Waals surface area contributed by atoms with E-state index in [2.05, 4.69) is 37.4 Å². The number of piperidine rings is 1. The molecule has 0 aliphatic carbocycles. The van der Waals surface area contributed by atoms with Crippen molar-refractivity contribution < 1.29 is 4.74 Å². The van der Waals surface area contributed by atoms with Crippen LogP contribution in [-0.4, -0.2) is 25.2 Å². The number of fused-ring (bicyclic) bond motifs is 1. The van der Waals surface area contributed by atoms with Crippen LogP contribution in [0.4, 0.5) is 0 Å². The first-order chi connectivity index (χ1) is 10.2. The molecule has 0 bridgehead atoms. The summed E-state index contributed by atoms with van der Waals surface area (Å²) in [6.45, 7) is 6.92. The second kappa shape index (κ2) is 6.02. The van der Waals surface area contributed by atoms with Crippen LogP contribution in [0, 0.1) is 11.8 Å². The van der Waals surface area contributed by atoms with Crippen molar-refractivity contribution in [2.45, 2.75) is 26.2 Å². The maximum absolute atomic E-state index is 5.27. The molecule has 0 radical (unpaired) electrons. The summed E-state index contributed by atoms with van der Waals surface area (Å²) in [4.78, 5) is 4.88. The van der Waals surface area contributed by atoms with Crippen LogP contribution >= 0.6 is 0 Å². The number of pyridine rings is 1. The number of benzene rings is 1. The molecule has 0 amide bonds. The quantitative estimate of drug-likeness (QED) is 0.935. The highest BCUT2D eigenvalue weighted by atomic mass is 16.5. The van der Waals surface area contributed by atoms with Crippen LogP contribution in [0.15, 0.2) is 30.3 Å². The number of hydrogen-bond acceptors (Lipinski definition) is 3. The summed E-state index contributed by atoms with van der Waals surface area (Å²) >= 11 is 0. The van der Waals surface area contributed by atoms with E-state index in [0.717, 1.165) is 35.7 Å². The lowest BCUT2D eigenvalue weighted by Crippen LogP contribution is -2.37. The fraction of sp³-hybridized carbons (Fsp3) is 0.500. The van der Waals surface area contributed by atoms with Gasteiger partial charge in [-0.15, -0.1) is 0 Å². The molecule has 1 aliphatic rings. The second-order valence-corrected chi connectivity index (χ2v) is 6.22. The molecule has 1 aromatic heterocycles. The third-order valence-electron chi connectivity index (χ3n) is 4.88. The van der Waals surface area contributed by atoms with E-state index in [-0.39, 0.29) is 0 Å². The van der Waals surface area contributed by atoms with Gasteiger partial charge in [0.05, 0.1) is 12.6 Å². The van der Waals surface area contributed by atoms with E-state index >= 15 is 0 Å². The molecule has 1 fully saturated rings. The lowest BCUT2D eigenvalue weighted by molar-refractivity contribution is 0.238. The molecule has 3 heteroatoms. The molecule has 2 aromatic rings. The molecule has 0 saturated carbocycles. The molecule has 3 rings (SSSR count). The molecule has 1 aliphatic heterocycles. The fourth-order valence-corrected chi connectivity index (χ4v) is 3.50. The Morgan fingerprint density at radius 3 is 2.90 bits per heavy atom. The minimum atomic E-state index is 0.508. The molecule has 1 aromatic carbocycles. The van der Waals surface area contributed by atoms with E-state index in [1.54, 1.807) is 7.11 Å². The molecule has 1 N–H and O–H groups in total. The number of aromatic nitrogens is 1. The lowest BCUT2D eigenvalue weighted by Gasteiger charge is -2.33. The molecule has 3 unspecified atom stereocenters. The number of nitrogens with one attached hydrogen (secondary N) is 1. The first-order valence-corrected chi connectivity index (χ1v) is 7.84. The van der Waals surface area contributed by atoms with E-state index in [1.807, 2.05) is 12.1 Å². The SMILES string of the molecule is COc1ccc2nc(C(C)C3CCNCC3C)ccc2c1. The maximum Gasteiger partial charge on any atom is 0.119 e. The Morgan fingerprint density at radius 2 is 2.14 bits per heavy atom. The Bertz CT molecular complexity index is 626. The number of hydrogen-bond donors (Lipinski definition) is 1. The predicted octanol–water partition coefficient (Wildman–Crippen LogP) is 3.59. The zero-order valence-electron chi connectivity index (χ0n) is 13.1. The van der Waals surface area contributed by atoms with Gasteiger partial charge >= 0.3 is 0 Å². The molecular formula is C18H24N2O. The van der Waals surface area contributed by atoms with Crippen LogP contribution in [0.2, 0.25) is 0 Å². The average Bonchev–Trinajstić information content (AvgIpc) is 2.53. The largest absolute Gasteiger partial charge is 0.497 e. The maximum atomic E-state index is 5.27. The van der Waals surface area contributed by atoms with Gasteiger partial charge in [0.1, 0.15) is 5.75 Å². The van der Waals surface area contributed by atoms with E-state index in [0.29, 0.717) is 11.8 Å². The number of methoxy groups -OCH3 is 1. The van der Waals surface area contributed by atoms with Gasteiger partial charge in [-0.1, -0.05) is 19.9 Å². The Kier molecular flexibility index (Phi) is 4.11. The molecule has 112 valence electrons. The van der Waals surface area contributed by atoms with Crippen LogP contribution in [0.3, 0.4) is 0 Å². The molecule has 3 nitrogen and oxygen atoms in total. The van der Waals surface area contributed by atoms with Gasteiger partial charge in [-0.3, -0.25) is 4.98 Å². The van der Waals surface area contributed by atoms with Gasteiger partial charge in [0, 0.05) is 17.0 Å². The van der Waals surface area contributed by atoms with Crippen molar-refractivity contribution in [1.29, 1.82) is 0 Å². The Balaban J connectivity index is 1.89. The normalized spacial score (nSPS) is 24.0. The number of nitrogens with zero attached hydrogens (tertiary/aromatic N) is 1. The van der Waals surface area contributed by atoms with E-state index in [9.17, 15) is 0 Å². The van der Waals surface area contributed by atoms with Gasteiger partial charge in [-0.05, 0) is 55.6 Å². The van der Waals surface area contributed by atoms with Crippen LogP contribution in [0.1, 0.15) is 31.9 Å². The third-order valence-corrected chi connectivity index (χ3v) is 4.88. The van der Waals surface area contributed by atoms with E-state index in [4.69, 9.17) is 9.72 Å². The Morgan fingerprint density at radius 1 is 1.29 bits per heavy atom. The summed E-state index contributed by atoms with van der Waals surface area (Å²) in [7, 11) is 1.70. The van der Waals surface area contributed by atoms with Crippen molar-refractivity contribution in [3.63, 3.8) is 0 Å². The topological polar surface area (TPSA) is 34.1 Å². The highest BCUT2D eigenvalue weighted by Gasteiger charge is 2.27. The summed E-state index contributed by atoms with van der Waals surface area (Å²) < 4.78 is 5.27. The standard InChI is InChI=1S/C18H24N2O/c1-12-11-19-9-8-16(12)13(2)17-6-4-14-10-15(21-3)5-7-18(14)20-17/h4-7,10,12-13,16,19H,8-9,11H2,1-3H3. The van der Waals surface area contributed by atoms with Crippen molar-refractivity contribution in [3.05, 3.63) is 36.0 Å². The van der Waals surface area contributed by atoms with Gasteiger partial charge in [0.25, 0.3) is 0 Å². The van der Waals surface area contributed by atoms with Gasteiger partial charge in [0.15, 0.2) is 0 Å². The minimum Gasteiger partial charge on any atom is -0.497 e. The summed E-state index contributed by atoms with van der Waals surface area (Å²) in [6, 6.07) is 10.4. The molecule has 21 heavy (non-hydrogen) atoms. The first kappa shape index (κ1) is 14.3. The van der Waals surface area contributed by atoms with Gasteiger partial charge in [0.2, 0.25) is 0 Å². The van der Waals surface area contributed by atoms with Gasteiger partial charge in [-0.2, -0.15) is 0 Å². The summed E-state index contributed by atoms with van der Waals surface area (Å²) in [5, 5.41) is 4.62. The zero-order chi connectivity index (χ0) is 14.8. The summed E-state index contributed by atoms with van der Waals surface area (Å²) in [6.07, 6.45) is 1.24. The van der Waals surface area contributed by atoms with Crippen molar-refractivity contribution >= 4 is 10.9 Å². The van der Waals surface area contributed by atoms with E-state index in [1.165, 1.54) is 12.1 Å². The van der Waals surface area contributed by atoms with Crippen molar-refractivity contribution in [3.8, 4) is 5.75 Å². The molecule has 3 atom stereocenters. The van der Waals surface area contributed by atoms with Crippen LogP contribution in [0.25, 0.3) is 10.9 Å². The molecule has 0 spiro atoms. The monoisotopic (exact) mass is 284 g/mol. The van der Waals surface area contributed by atoms with Gasteiger partial charge < -0.3 is 10.1 Å². The molecule has 2 heterocycles. The van der Waals surface area contributed by atoms with Crippen LogP contribution < -0.4 is 10.1 Å². The Hall–Kier alpha value is -1.61. The average molecular weight is 284 g/mol. The predicted molar refractivity (Wildman–Crippen MR) is 86.9 cm³/mol. The summed E-state index contributed by atoms with van der Waals surface area (Å²) in [5.74, 6) is 2.82. The van der Waals surface area contributed by atoms with Crippen LogP contribution in [-0.2, 0) is 0 Å². The second-order valence-electron chi connectivity index (χ2n) is 6.22. The zero-order valence-corrected chi connectivity index (χ0v) is 13.1. The van der Waals surface area contributed by atoms with E-state index < -0.39 is 0 Å².